The molecule has 3 N–H and O–H groups in total. The van der Waals surface area contributed by atoms with Gasteiger partial charge in [0, 0.05) is 30.1 Å². The third kappa shape index (κ3) is 6.36. The van der Waals surface area contributed by atoms with Gasteiger partial charge in [0.25, 0.3) is 0 Å². The van der Waals surface area contributed by atoms with Crippen molar-refractivity contribution in [2.24, 2.45) is 5.92 Å². The molecule has 0 saturated carbocycles. The van der Waals surface area contributed by atoms with E-state index in [-0.39, 0.29) is 35.3 Å². The van der Waals surface area contributed by atoms with Crippen LogP contribution >= 0.6 is 11.6 Å². The predicted molar refractivity (Wildman–Crippen MR) is 108 cm³/mol. The standard InChI is InChI=1S/C19H25BClF3N2O4/c1-11(2)9-17(20(29)30)25-18(28)6-5-16(27)15-7-8-26(15)14-4-3-12(21)10-13(14)19(22,23)24/h3-4,10-11,15,17,29-30H,5-9H2,1-2H3,(H,25,28)/t15-,17?/m0/s1. The van der Waals surface area contributed by atoms with Gasteiger partial charge in [0.05, 0.1) is 17.5 Å². The smallest absolute Gasteiger partial charge is 0.426 e. The molecule has 0 bridgehead atoms. The molecule has 1 heterocycles. The molecule has 1 aromatic carbocycles. The highest BCUT2D eigenvalue weighted by molar-refractivity contribution is 6.43. The van der Waals surface area contributed by atoms with E-state index in [0.717, 1.165) is 6.07 Å². The van der Waals surface area contributed by atoms with Crippen molar-refractivity contribution in [2.75, 3.05) is 11.4 Å². The summed E-state index contributed by atoms with van der Waals surface area (Å²) in [7, 11) is -1.72. The summed E-state index contributed by atoms with van der Waals surface area (Å²) in [4.78, 5) is 26.0. The molecule has 1 aliphatic heterocycles. The second-order valence-corrected chi connectivity index (χ2v) is 8.28. The van der Waals surface area contributed by atoms with Crippen LogP contribution in [-0.4, -0.2) is 47.4 Å². The van der Waals surface area contributed by atoms with E-state index in [2.05, 4.69) is 5.32 Å². The van der Waals surface area contributed by atoms with Gasteiger partial charge in [-0.2, -0.15) is 13.2 Å². The Labute approximate surface area is 178 Å². The first-order valence-electron chi connectivity index (χ1n) is 9.71. The number of nitrogens with one attached hydrogen (secondary N) is 1. The van der Waals surface area contributed by atoms with Crippen LogP contribution in [0.25, 0.3) is 0 Å². The Morgan fingerprint density at radius 3 is 2.47 bits per heavy atom. The van der Waals surface area contributed by atoms with Gasteiger partial charge in [-0.1, -0.05) is 25.4 Å². The Morgan fingerprint density at radius 1 is 1.30 bits per heavy atom. The van der Waals surface area contributed by atoms with Crippen LogP contribution in [0.1, 0.15) is 45.1 Å². The Kier molecular flexibility index (Phi) is 8.18. The van der Waals surface area contributed by atoms with E-state index >= 15 is 0 Å². The summed E-state index contributed by atoms with van der Waals surface area (Å²) in [5, 5.41) is 21.2. The van der Waals surface area contributed by atoms with Crippen molar-refractivity contribution in [3.63, 3.8) is 0 Å². The summed E-state index contributed by atoms with van der Waals surface area (Å²) in [6, 6.07) is 2.68. The first-order valence-corrected chi connectivity index (χ1v) is 10.1. The van der Waals surface area contributed by atoms with Gasteiger partial charge in [-0.25, -0.2) is 0 Å². The average molecular weight is 449 g/mol. The van der Waals surface area contributed by atoms with Crippen molar-refractivity contribution in [2.45, 2.75) is 57.7 Å². The van der Waals surface area contributed by atoms with Crippen molar-refractivity contribution in [3.8, 4) is 0 Å². The van der Waals surface area contributed by atoms with E-state index < -0.39 is 36.7 Å². The number of hydrogen-bond donors (Lipinski definition) is 3. The van der Waals surface area contributed by atoms with Crippen LogP contribution in [0.3, 0.4) is 0 Å². The number of amides is 1. The van der Waals surface area contributed by atoms with Gasteiger partial charge in [0.2, 0.25) is 5.91 Å². The Balaban J connectivity index is 1.98. The minimum absolute atomic E-state index is 0.0480. The second kappa shape index (κ2) is 10.0. The van der Waals surface area contributed by atoms with Gasteiger partial charge in [-0.3, -0.25) is 9.59 Å². The molecule has 1 saturated heterocycles. The van der Waals surface area contributed by atoms with Gasteiger partial charge in [0.15, 0.2) is 5.78 Å². The van der Waals surface area contributed by atoms with E-state index in [0.29, 0.717) is 19.4 Å². The normalized spacial score (nSPS) is 17.5. The summed E-state index contributed by atoms with van der Waals surface area (Å²) in [5.74, 6) is -1.60. The maximum absolute atomic E-state index is 13.3. The molecule has 2 atom stereocenters. The minimum Gasteiger partial charge on any atom is -0.426 e. The zero-order valence-electron chi connectivity index (χ0n) is 16.7. The monoisotopic (exact) mass is 448 g/mol. The molecule has 2 rings (SSSR count). The van der Waals surface area contributed by atoms with Crippen LogP contribution < -0.4 is 10.2 Å². The average Bonchev–Trinajstić information content (AvgIpc) is 2.58. The lowest BCUT2D eigenvalue weighted by molar-refractivity contribution is -0.137. The number of Topliss-reactive ketones (excluding diaryl/α,β-unsaturated/α-hetero) is 1. The van der Waals surface area contributed by atoms with Crippen LogP contribution in [-0.2, 0) is 15.8 Å². The predicted octanol–water partition coefficient (Wildman–Crippen LogP) is 2.83. The third-order valence-electron chi connectivity index (χ3n) is 4.99. The Hall–Kier alpha value is -1.78. The molecule has 11 heteroatoms. The molecule has 166 valence electrons. The zero-order valence-corrected chi connectivity index (χ0v) is 17.5. The number of alkyl halides is 3. The molecule has 6 nitrogen and oxygen atoms in total. The number of anilines is 1. The number of nitrogens with zero attached hydrogens (tertiary/aromatic N) is 1. The molecule has 30 heavy (non-hydrogen) atoms. The molecule has 1 fully saturated rings. The molecule has 1 aliphatic rings. The van der Waals surface area contributed by atoms with Gasteiger partial charge in [0.1, 0.15) is 0 Å². The molecular weight excluding hydrogens is 423 g/mol. The van der Waals surface area contributed by atoms with E-state index in [1.807, 2.05) is 13.8 Å². The van der Waals surface area contributed by atoms with E-state index in [1.165, 1.54) is 17.0 Å². The largest absolute Gasteiger partial charge is 0.475 e. The molecular formula is C19H25BClF3N2O4. The van der Waals surface area contributed by atoms with E-state index in [9.17, 15) is 32.8 Å². The lowest BCUT2D eigenvalue weighted by Crippen LogP contribution is -2.53. The zero-order chi connectivity index (χ0) is 22.6. The fourth-order valence-corrected chi connectivity index (χ4v) is 3.61. The van der Waals surface area contributed by atoms with Gasteiger partial charge < -0.3 is 20.3 Å². The lowest BCUT2D eigenvalue weighted by Gasteiger charge is -2.43. The van der Waals surface area contributed by atoms with E-state index in [4.69, 9.17) is 11.6 Å². The Morgan fingerprint density at radius 2 is 1.97 bits per heavy atom. The number of halogens is 4. The molecule has 1 amide bonds. The van der Waals surface area contributed by atoms with Crippen LogP contribution in [0.2, 0.25) is 5.02 Å². The van der Waals surface area contributed by atoms with Gasteiger partial charge in [-0.15, -0.1) is 0 Å². The quantitative estimate of drug-likeness (QED) is 0.506. The number of benzene rings is 1. The molecule has 0 aromatic heterocycles. The number of rotatable bonds is 9. The molecule has 0 spiro atoms. The van der Waals surface area contributed by atoms with E-state index in [1.54, 1.807) is 0 Å². The number of carbonyl (C=O) groups excluding carboxylic acids is 2. The molecule has 1 aromatic rings. The highest BCUT2D eigenvalue weighted by Crippen LogP contribution is 2.41. The van der Waals surface area contributed by atoms with Crippen LogP contribution in [0.15, 0.2) is 18.2 Å². The second-order valence-electron chi connectivity index (χ2n) is 7.84. The summed E-state index contributed by atoms with van der Waals surface area (Å²) in [6.45, 7) is 4.02. The maximum Gasteiger partial charge on any atom is 0.475 e. The first-order chi connectivity index (χ1) is 13.9. The summed E-state index contributed by atoms with van der Waals surface area (Å²) < 4.78 is 40.0. The fourth-order valence-electron chi connectivity index (χ4n) is 3.44. The number of carbonyl (C=O) groups is 2. The van der Waals surface area contributed by atoms with Crippen molar-refractivity contribution in [1.82, 2.24) is 5.32 Å². The van der Waals surface area contributed by atoms with Crippen molar-refractivity contribution < 1.29 is 32.8 Å². The maximum atomic E-state index is 13.3. The van der Waals surface area contributed by atoms with Gasteiger partial charge in [-0.05, 0) is 37.0 Å². The Bertz CT molecular complexity index is 777. The highest BCUT2D eigenvalue weighted by atomic mass is 35.5. The van der Waals surface area contributed by atoms with Crippen molar-refractivity contribution >= 4 is 36.1 Å². The molecule has 1 unspecified atom stereocenters. The summed E-state index contributed by atoms with van der Waals surface area (Å²) >= 11 is 5.70. The topological polar surface area (TPSA) is 89.9 Å². The van der Waals surface area contributed by atoms with Crippen LogP contribution in [0.4, 0.5) is 18.9 Å². The molecule has 0 aliphatic carbocycles. The van der Waals surface area contributed by atoms with Gasteiger partial charge >= 0.3 is 13.3 Å². The lowest BCUT2D eigenvalue weighted by atomic mass is 9.75. The minimum atomic E-state index is -4.61. The van der Waals surface area contributed by atoms with Crippen molar-refractivity contribution in [1.29, 1.82) is 0 Å². The molecule has 0 radical (unpaired) electrons. The first kappa shape index (κ1) is 24.5. The summed E-state index contributed by atoms with van der Waals surface area (Å²) in [6.07, 6.45) is -4.20. The number of hydrogen-bond acceptors (Lipinski definition) is 5. The third-order valence-corrected chi connectivity index (χ3v) is 5.23. The van der Waals surface area contributed by atoms with Crippen LogP contribution in [0.5, 0.6) is 0 Å². The summed E-state index contributed by atoms with van der Waals surface area (Å²) in [5.41, 5.74) is -1.01. The van der Waals surface area contributed by atoms with Crippen molar-refractivity contribution in [3.05, 3.63) is 28.8 Å². The number of ketones is 1. The van der Waals surface area contributed by atoms with Crippen LogP contribution in [0, 0.1) is 5.92 Å². The SMILES string of the molecule is CC(C)CC(NC(=O)CCC(=O)[C@@H]1CCN1c1ccc(Cl)cc1C(F)(F)F)B(O)O. The fraction of sp³-hybridized carbons (Fsp3) is 0.579. The highest BCUT2D eigenvalue weighted by Gasteiger charge is 2.41.